The molecule has 2 aliphatic heterocycles. The SMILES string of the molecule is Cc1c(C)c(C)c(S(=O)(=O)N2CCN(C(=O)C3(n4cc(-c5ccc(OC6CCC6)cc5)nn4)CCN(C(=O)OC(C)(C)C)CC3)CC2)c(C)c1C. The Labute approximate surface area is 302 Å². The van der Waals surface area contributed by atoms with Crippen molar-refractivity contribution in [1.82, 2.24) is 29.1 Å². The van der Waals surface area contributed by atoms with Crippen LogP contribution >= 0.6 is 0 Å². The number of sulfonamides is 1. The molecular formula is C38H52N6O6S. The molecule has 3 aliphatic rings. The summed E-state index contributed by atoms with van der Waals surface area (Å²) in [5.74, 6) is 0.662. The van der Waals surface area contributed by atoms with Gasteiger partial charge in [0.05, 0.1) is 17.2 Å². The lowest BCUT2D eigenvalue weighted by molar-refractivity contribution is -0.145. The summed E-state index contributed by atoms with van der Waals surface area (Å²) in [5, 5.41) is 8.99. The molecule has 1 saturated carbocycles. The lowest BCUT2D eigenvalue weighted by atomic mass is 9.85. The van der Waals surface area contributed by atoms with Gasteiger partial charge in [-0.25, -0.2) is 17.9 Å². The molecule has 276 valence electrons. The van der Waals surface area contributed by atoms with E-state index in [0.717, 1.165) is 52.0 Å². The topological polar surface area (TPSA) is 127 Å². The first-order valence-corrected chi connectivity index (χ1v) is 19.5. The van der Waals surface area contributed by atoms with Crippen LogP contribution in [0.3, 0.4) is 0 Å². The number of amides is 2. The normalized spacial score (nSPS) is 18.7. The minimum atomic E-state index is -3.79. The molecule has 0 unspecified atom stereocenters. The van der Waals surface area contributed by atoms with E-state index in [1.54, 1.807) is 20.7 Å². The Morgan fingerprint density at radius 3 is 1.90 bits per heavy atom. The van der Waals surface area contributed by atoms with E-state index in [0.29, 0.717) is 36.5 Å². The number of piperidine rings is 1. The van der Waals surface area contributed by atoms with E-state index in [1.165, 1.54) is 10.7 Å². The van der Waals surface area contributed by atoms with Crippen LogP contribution in [-0.2, 0) is 25.1 Å². The number of nitrogens with zero attached hydrogens (tertiary/aromatic N) is 6. The summed E-state index contributed by atoms with van der Waals surface area (Å²) in [6, 6.07) is 7.76. The predicted molar refractivity (Wildman–Crippen MR) is 194 cm³/mol. The van der Waals surface area contributed by atoms with Crippen molar-refractivity contribution in [1.29, 1.82) is 0 Å². The summed E-state index contributed by atoms with van der Waals surface area (Å²) >= 11 is 0. The quantitative estimate of drug-likeness (QED) is 0.305. The fourth-order valence-corrected chi connectivity index (χ4v) is 9.31. The number of hydrogen-bond acceptors (Lipinski definition) is 8. The minimum Gasteiger partial charge on any atom is -0.490 e. The molecular weight excluding hydrogens is 669 g/mol. The van der Waals surface area contributed by atoms with Crippen molar-refractivity contribution in [2.75, 3.05) is 39.3 Å². The third-order valence-corrected chi connectivity index (χ3v) is 13.3. The van der Waals surface area contributed by atoms with Crippen molar-refractivity contribution in [2.24, 2.45) is 0 Å². The molecule has 0 atom stereocenters. The highest BCUT2D eigenvalue weighted by Crippen LogP contribution is 2.36. The summed E-state index contributed by atoms with van der Waals surface area (Å²) in [4.78, 5) is 31.4. The highest BCUT2D eigenvalue weighted by molar-refractivity contribution is 7.89. The number of benzene rings is 2. The van der Waals surface area contributed by atoms with Crippen molar-refractivity contribution < 1.29 is 27.5 Å². The molecule has 3 fully saturated rings. The number of carbonyl (C=O) groups excluding carboxylic acids is 2. The van der Waals surface area contributed by atoms with Crippen LogP contribution in [-0.4, -0.2) is 100 Å². The van der Waals surface area contributed by atoms with Gasteiger partial charge in [-0.2, -0.15) is 4.31 Å². The van der Waals surface area contributed by atoms with Crippen LogP contribution in [0.5, 0.6) is 5.75 Å². The molecule has 1 aromatic heterocycles. The van der Waals surface area contributed by atoms with Crippen LogP contribution < -0.4 is 4.74 Å². The summed E-state index contributed by atoms with van der Waals surface area (Å²) in [6.45, 7) is 16.6. The van der Waals surface area contributed by atoms with Gasteiger partial charge in [-0.05, 0) is 140 Å². The van der Waals surface area contributed by atoms with Crippen molar-refractivity contribution in [3.63, 3.8) is 0 Å². The average Bonchev–Trinajstić information content (AvgIpc) is 3.58. The lowest BCUT2D eigenvalue weighted by Gasteiger charge is -2.44. The number of carbonyl (C=O) groups is 2. The van der Waals surface area contributed by atoms with E-state index < -0.39 is 27.3 Å². The third kappa shape index (κ3) is 7.11. The number of rotatable bonds is 7. The Kier molecular flexibility index (Phi) is 10.0. The minimum absolute atomic E-state index is 0.154. The van der Waals surface area contributed by atoms with Gasteiger partial charge >= 0.3 is 6.09 Å². The summed E-state index contributed by atoms with van der Waals surface area (Å²) < 4.78 is 43.0. The predicted octanol–water partition coefficient (Wildman–Crippen LogP) is 5.68. The zero-order chi connectivity index (χ0) is 36.9. The summed E-state index contributed by atoms with van der Waals surface area (Å²) in [6.07, 6.45) is 5.63. The number of ether oxygens (including phenoxy) is 2. The van der Waals surface area contributed by atoms with Crippen molar-refractivity contribution >= 4 is 22.0 Å². The van der Waals surface area contributed by atoms with Gasteiger partial charge in [0, 0.05) is 44.8 Å². The van der Waals surface area contributed by atoms with Gasteiger partial charge in [0.25, 0.3) is 5.91 Å². The van der Waals surface area contributed by atoms with E-state index in [-0.39, 0.29) is 38.2 Å². The smallest absolute Gasteiger partial charge is 0.410 e. The standard InChI is InChI=1S/C38H52N6O6S/c1-25-26(2)28(4)34(29(5)27(25)3)51(47,48)43-22-20-41(21-23-43)35(45)38(16-18-42(19-17-38)36(46)50-37(6,7)8)44-24-33(39-40-44)30-12-14-32(15-13-30)49-31-10-9-11-31/h12-15,24,31H,9-11,16-23H2,1-8H3. The fraction of sp³-hybridized carbons (Fsp3) is 0.579. The maximum atomic E-state index is 14.7. The molecule has 3 aromatic rings. The Bertz CT molecular complexity index is 1870. The van der Waals surface area contributed by atoms with Crippen LogP contribution in [0.15, 0.2) is 35.4 Å². The Morgan fingerprint density at radius 1 is 0.804 bits per heavy atom. The lowest BCUT2D eigenvalue weighted by Crippen LogP contribution is -2.60. The molecule has 0 spiro atoms. The first-order valence-electron chi connectivity index (χ1n) is 18.1. The molecule has 2 amide bonds. The van der Waals surface area contributed by atoms with Gasteiger partial charge in [0.1, 0.15) is 22.6 Å². The van der Waals surface area contributed by atoms with E-state index in [2.05, 4.69) is 10.3 Å². The molecule has 12 nitrogen and oxygen atoms in total. The van der Waals surface area contributed by atoms with Crippen molar-refractivity contribution in [2.45, 2.75) is 110 Å². The molecule has 0 radical (unpaired) electrons. The van der Waals surface area contributed by atoms with Crippen LogP contribution in [0.2, 0.25) is 0 Å². The molecule has 2 aromatic carbocycles. The van der Waals surface area contributed by atoms with Gasteiger partial charge < -0.3 is 19.3 Å². The molecule has 1 aliphatic carbocycles. The molecule has 0 bridgehead atoms. The van der Waals surface area contributed by atoms with E-state index in [1.807, 2.05) is 79.7 Å². The average molecular weight is 721 g/mol. The summed E-state index contributed by atoms with van der Waals surface area (Å²) in [5.41, 5.74) is 4.32. The van der Waals surface area contributed by atoms with E-state index in [4.69, 9.17) is 9.47 Å². The first-order chi connectivity index (χ1) is 24.0. The Morgan fingerprint density at radius 2 is 1.37 bits per heavy atom. The molecule has 13 heteroatoms. The summed E-state index contributed by atoms with van der Waals surface area (Å²) in [7, 11) is -3.79. The van der Waals surface area contributed by atoms with Crippen LogP contribution in [0.1, 0.15) is 80.7 Å². The maximum absolute atomic E-state index is 14.7. The highest BCUT2D eigenvalue weighted by Gasteiger charge is 2.48. The Hall–Kier alpha value is -3.97. The largest absolute Gasteiger partial charge is 0.490 e. The highest BCUT2D eigenvalue weighted by atomic mass is 32.2. The second-order valence-electron chi connectivity index (χ2n) is 15.4. The van der Waals surface area contributed by atoms with Gasteiger partial charge in [-0.15, -0.1) is 5.10 Å². The zero-order valence-corrected chi connectivity index (χ0v) is 32.1. The second kappa shape index (κ2) is 13.9. The van der Waals surface area contributed by atoms with Gasteiger partial charge in [0.2, 0.25) is 10.0 Å². The van der Waals surface area contributed by atoms with E-state index in [9.17, 15) is 18.0 Å². The zero-order valence-electron chi connectivity index (χ0n) is 31.3. The number of likely N-dealkylation sites (tertiary alicyclic amines) is 1. The molecule has 3 heterocycles. The molecule has 6 rings (SSSR count). The second-order valence-corrected chi connectivity index (χ2v) is 17.3. The Balaban J connectivity index is 1.23. The van der Waals surface area contributed by atoms with Gasteiger partial charge in [0.15, 0.2) is 0 Å². The number of piperazine rings is 1. The van der Waals surface area contributed by atoms with Crippen LogP contribution in [0.25, 0.3) is 11.3 Å². The van der Waals surface area contributed by atoms with Crippen molar-refractivity contribution in [3.8, 4) is 17.0 Å². The van der Waals surface area contributed by atoms with Crippen LogP contribution in [0.4, 0.5) is 4.79 Å². The maximum Gasteiger partial charge on any atom is 0.410 e. The molecule has 2 saturated heterocycles. The number of hydrogen-bond donors (Lipinski definition) is 0. The molecule has 51 heavy (non-hydrogen) atoms. The third-order valence-electron chi connectivity index (χ3n) is 11.1. The number of aromatic nitrogens is 3. The monoisotopic (exact) mass is 720 g/mol. The van der Waals surface area contributed by atoms with E-state index >= 15 is 0 Å². The fourth-order valence-electron chi connectivity index (χ4n) is 7.32. The molecule has 0 N–H and O–H groups in total. The van der Waals surface area contributed by atoms with Gasteiger partial charge in [-0.3, -0.25) is 4.79 Å². The first kappa shape index (κ1) is 36.8. The van der Waals surface area contributed by atoms with Gasteiger partial charge in [-0.1, -0.05) is 5.21 Å². The van der Waals surface area contributed by atoms with Crippen LogP contribution in [0, 0.1) is 34.6 Å². The van der Waals surface area contributed by atoms with Crippen molar-refractivity contribution in [3.05, 3.63) is 58.3 Å².